The van der Waals surface area contributed by atoms with Gasteiger partial charge in [0.25, 0.3) is 0 Å². The van der Waals surface area contributed by atoms with Crippen LogP contribution in [-0.4, -0.2) is 18.6 Å². The van der Waals surface area contributed by atoms with Crippen molar-refractivity contribution >= 4 is 5.69 Å². The highest BCUT2D eigenvalue weighted by molar-refractivity contribution is 5.60. The number of methoxy groups -OCH3 is 1. The Morgan fingerprint density at radius 2 is 2.14 bits per heavy atom. The lowest BCUT2D eigenvalue weighted by Gasteiger charge is -2.28. The topological polar surface area (TPSA) is 51.4 Å². The van der Waals surface area contributed by atoms with E-state index in [0.29, 0.717) is 13.1 Å². The quantitative estimate of drug-likeness (QED) is 0.885. The SMILES string of the molecule is C=C(CN)N(Cc1ccccn1)c1cc(OC)ccc1C. The Morgan fingerprint density at radius 1 is 1.33 bits per heavy atom. The number of rotatable bonds is 6. The number of hydrogen-bond donors (Lipinski definition) is 1. The zero-order valence-electron chi connectivity index (χ0n) is 12.5. The lowest BCUT2D eigenvalue weighted by Crippen LogP contribution is -2.27. The summed E-state index contributed by atoms with van der Waals surface area (Å²) in [4.78, 5) is 6.46. The van der Waals surface area contributed by atoms with Crippen LogP contribution in [0.15, 0.2) is 54.9 Å². The normalized spacial score (nSPS) is 10.2. The Morgan fingerprint density at radius 3 is 2.76 bits per heavy atom. The molecule has 1 aromatic heterocycles. The van der Waals surface area contributed by atoms with Crippen molar-refractivity contribution in [2.75, 3.05) is 18.6 Å². The molecule has 0 spiro atoms. The van der Waals surface area contributed by atoms with E-state index in [9.17, 15) is 0 Å². The molecular weight excluding hydrogens is 262 g/mol. The molecule has 1 aromatic carbocycles. The van der Waals surface area contributed by atoms with Crippen LogP contribution >= 0.6 is 0 Å². The minimum atomic E-state index is 0.392. The van der Waals surface area contributed by atoms with Crippen LogP contribution < -0.4 is 15.4 Å². The van der Waals surface area contributed by atoms with Crippen LogP contribution in [0.4, 0.5) is 5.69 Å². The average molecular weight is 283 g/mol. The van der Waals surface area contributed by atoms with Crippen LogP contribution in [-0.2, 0) is 6.54 Å². The Hall–Kier alpha value is -2.33. The van der Waals surface area contributed by atoms with Gasteiger partial charge in [0, 0.05) is 30.2 Å². The molecule has 0 atom stereocenters. The first kappa shape index (κ1) is 15.1. The monoisotopic (exact) mass is 283 g/mol. The summed E-state index contributed by atoms with van der Waals surface area (Å²) in [5.74, 6) is 0.812. The second kappa shape index (κ2) is 6.90. The molecule has 0 aliphatic rings. The first-order chi connectivity index (χ1) is 10.2. The molecular formula is C17H21N3O. The van der Waals surface area contributed by atoms with Crippen molar-refractivity contribution in [3.05, 3.63) is 66.1 Å². The number of anilines is 1. The van der Waals surface area contributed by atoms with Crippen molar-refractivity contribution in [2.45, 2.75) is 13.5 Å². The van der Waals surface area contributed by atoms with Crippen LogP contribution in [0, 0.1) is 6.92 Å². The highest BCUT2D eigenvalue weighted by atomic mass is 16.5. The molecule has 110 valence electrons. The average Bonchev–Trinajstić information content (AvgIpc) is 2.53. The van der Waals surface area contributed by atoms with Crippen molar-refractivity contribution in [1.29, 1.82) is 0 Å². The van der Waals surface area contributed by atoms with E-state index in [1.165, 1.54) is 0 Å². The molecule has 0 saturated heterocycles. The van der Waals surface area contributed by atoms with Gasteiger partial charge in [0.2, 0.25) is 0 Å². The molecule has 0 saturated carbocycles. The number of nitrogens with two attached hydrogens (primary N) is 1. The molecule has 2 N–H and O–H groups in total. The maximum Gasteiger partial charge on any atom is 0.120 e. The van der Waals surface area contributed by atoms with Gasteiger partial charge in [-0.15, -0.1) is 0 Å². The van der Waals surface area contributed by atoms with Crippen LogP contribution in [0.3, 0.4) is 0 Å². The van der Waals surface area contributed by atoms with E-state index in [0.717, 1.165) is 28.4 Å². The second-order valence-electron chi connectivity index (χ2n) is 4.83. The fourth-order valence-corrected chi connectivity index (χ4v) is 2.14. The molecule has 0 aliphatic heterocycles. The molecule has 0 radical (unpaired) electrons. The second-order valence-corrected chi connectivity index (χ2v) is 4.83. The van der Waals surface area contributed by atoms with E-state index in [2.05, 4.69) is 23.4 Å². The van der Waals surface area contributed by atoms with Gasteiger partial charge in [-0.05, 0) is 30.7 Å². The summed E-state index contributed by atoms with van der Waals surface area (Å²) in [6, 6.07) is 11.9. The maximum atomic E-state index is 5.79. The largest absolute Gasteiger partial charge is 0.497 e. The highest BCUT2D eigenvalue weighted by Gasteiger charge is 2.14. The summed E-state index contributed by atoms with van der Waals surface area (Å²) in [5, 5.41) is 0. The molecule has 0 amide bonds. The Kier molecular flexibility index (Phi) is 4.95. The number of nitrogens with zero attached hydrogens (tertiary/aromatic N) is 2. The Balaban J connectivity index is 2.38. The van der Waals surface area contributed by atoms with Gasteiger partial charge in [-0.2, -0.15) is 0 Å². The molecule has 2 rings (SSSR count). The predicted molar refractivity (Wildman–Crippen MR) is 86.3 cm³/mol. The summed E-state index contributed by atoms with van der Waals surface area (Å²) in [7, 11) is 1.66. The zero-order chi connectivity index (χ0) is 15.2. The standard InChI is InChI=1S/C17H21N3O/c1-13-7-8-16(21-3)10-17(13)20(14(2)11-18)12-15-6-4-5-9-19-15/h4-10H,2,11-12,18H2,1,3H3. The first-order valence-corrected chi connectivity index (χ1v) is 6.85. The van der Waals surface area contributed by atoms with Gasteiger partial charge in [-0.25, -0.2) is 0 Å². The van der Waals surface area contributed by atoms with Crippen LogP contribution in [0.25, 0.3) is 0 Å². The zero-order valence-corrected chi connectivity index (χ0v) is 12.5. The predicted octanol–water partition coefficient (Wildman–Crippen LogP) is 2.88. The third-order valence-electron chi connectivity index (χ3n) is 3.37. The fraction of sp³-hybridized carbons (Fsp3) is 0.235. The third-order valence-corrected chi connectivity index (χ3v) is 3.37. The summed E-state index contributed by atoms with van der Waals surface area (Å²) >= 11 is 0. The number of benzene rings is 1. The molecule has 21 heavy (non-hydrogen) atoms. The lowest BCUT2D eigenvalue weighted by molar-refractivity contribution is 0.414. The molecule has 0 aliphatic carbocycles. The number of pyridine rings is 1. The van der Waals surface area contributed by atoms with Crippen LogP contribution in [0.2, 0.25) is 0 Å². The van der Waals surface area contributed by atoms with E-state index in [4.69, 9.17) is 10.5 Å². The minimum absolute atomic E-state index is 0.392. The van der Waals surface area contributed by atoms with Crippen LogP contribution in [0.5, 0.6) is 5.75 Å². The number of ether oxygens (including phenoxy) is 1. The first-order valence-electron chi connectivity index (χ1n) is 6.85. The van der Waals surface area contributed by atoms with Crippen molar-refractivity contribution < 1.29 is 4.74 Å². The maximum absolute atomic E-state index is 5.79. The van der Waals surface area contributed by atoms with Gasteiger partial charge >= 0.3 is 0 Å². The molecule has 4 heteroatoms. The summed E-state index contributed by atoms with van der Waals surface area (Å²) in [6.07, 6.45) is 1.79. The minimum Gasteiger partial charge on any atom is -0.497 e. The molecule has 0 bridgehead atoms. The summed E-state index contributed by atoms with van der Waals surface area (Å²) in [6.45, 7) is 7.16. The van der Waals surface area contributed by atoms with E-state index >= 15 is 0 Å². The fourth-order valence-electron chi connectivity index (χ4n) is 2.14. The van der Waals surface area contributed by atoms with E-state index < -0.39 is 0 Å². The number of hydrogen-bond acceptors (Lipinski definition) is 4. The number of aromatic nitrogens is 1. The van der Waals surface area contributed by atoms with Gasteiger partial charge in [-0.1, -0.05) is 18.7 Å². The van der Waals surface area contributed by atoms with Crippen molar-refractivity contribution in [2.24, 2.45) is 5.73 Å². The van der Waals surface area contributed by atoms with Gasteiger partial charge in [-0.3, -0.25) is 4.98 Å². The Bertz CT molecular complexity index is 611. The van der Waals surface area contributed by atoms with Crippen molar-refractivity contribution in [1.82, 2.24) is 4.98 Å². The van der Waals surface area contributed by atoms with Crippen molar-refractivity contribution in [3.8, 4) is 5.75 Å². The molecule has 1 heterocycles. The Labute approximate surface area is 125 Å². The van der Waals surface area contributed by atoms with Gasteiger partial charge in [0.05, 0.1) is 19.3 Å². The molecule has 2 aromatic rings. The van der Waals surface area contributed by atoms with Crippen molar-refractivity contribution in [3.63, 3.8) is 0 Å². The highest BCUT2D eigenvalue weighted by Crippen LogP contribution is 2.28. The van der Waals surface area contributed by atoms with Gasteiger partial charge < -0.3 is 15.4 Å². The molecule has 0 unspecified atom stereocenters. The number of aryl methyl sites for hydroxylation is 1. The van der Waals surface area contributed by atoms with E-state index in [1.54, 1.807) is 13.3 Å². The lowest BCUT2D eigenvalue weighted by atomic mass is 10.1. The summed E-state index contributed by atoms with van der Waals surface area (Å²) < 4.78 is 5.32. The summed E-state index contributed by atoms with van der Waals surface area (Å²) in [5.41, 5.74) is 9.78. The smallest absolute Gasteiger partial charge is 0.120 e. The third kappa shape index (κ3) is 3.61. The van der Waals surface area contributed by atoms with Gasteiger partial charge in [0.15, 0.2) is 0 Å². The van der Waals surface area contributed by atoms with Crippen LogP contribution in [0.1, 0.15) is 11.3 Å². The van der Waals surface area contributed by atoms with E-state index in [1.807, 2.05) is 36.4 Å². The molecule has 0 fully saturated rings. The van der Waals surface area contributed by atoms with E-state index in [-0.39, 0.29) is 0 Å². The molecule has 4 nitrogen and oxygen atoms in total. The van der Waals surface area contributed by atoms with Gasteiger partial charge in [0.1, 0.15) is 5.75 Å².